The largest absolute Gasteiger partial charge is 0.491 e. The minimum absolute atomic E-state index is 0.0314. The van der Waals surface area contributed by atoms with Crippen LogP contribution in [0.2, 0.25) is 0 Å². The molecular formula is C69H78O15. The van der Waals surface area contributed by atoms with Gasteiger partial charge in [0.05, 0.1) is 19.8 Å². The highest BCUT2D eigenvalue weighted by Crippen LogP contribution is 2.37. The van der Waals surface area contributed by atoms with E-state index in [1.165, 1.54) is 0 Å². The van der Waals surface area contributed by atoms with E-state index in [-0.39, 0.29) is 74.2 Å². The summed E-state index contributed by atoms with van der Waals surface area (Å²) in [5, 5.41) is 33.2. The quantitative estimate of drug-likeness (QED) is 0.0330. The molecule has 0 bridgehead atoms. The molecule has 3 fully saturated rings. The highest BCUT2D eigenvalue weighted by atomic mass is 16.6. The van der Waals surface area contributed by atoms with Gasteiger partial charge in [-0.25, -0.2) is 0 Å². The molecule has 15 heteroatoms. The molecular weight excluding hydrogens is 1070 g/mol. The van der Waals surface area contributed by atoms with Gasteiger partial charge in [0, 0.05) is 34.4 Å². The van der Waals surface area contributed by atoms with Gasteiger partial charge in [-0.05, 0) is 106 Å². The van der Waals surface area contributed by atoms with Crippen LogP contribution in [0.15, 0.2) is 164 Å². The van der Waals surface area contributed by atoms with Gasteiger partial charge < -0.3 is 72.2 Å². The number of hydrogen-bond donors (Lipinski definition) is 3. The molecule has 3 aliphatic rings. The highest BCUT2D eigenvalue weighted by Gasteiger charge is 2.29. The molecule has 6 unspecified atom stereocenters. The van der Waals surface area contributed by atoms with Gasteiger partial charge in [-0.2, -0.15) is 0 Å². The molecule has 0 aromatic heterocycles. The first-order chi connectivity index (χ1) is 40.5. The number of aliphatic hydroxyl groups excluding tert-OH is 3. The SMILES string of the molecule is CC(C)(c1ccc(OCC(O)COc2cc(OCC(O)COc3ccc(C(C)(C)c4ccc(OCC5CO5)cc4)cc3)cc(OCC(O)COc3ccc(C(C)(C)c4ccc(OCC5CO5)cc4)cc3)c2)cc1)c1ccc(OCC2CO2)cc1. The number of ether oxygens (including phenoxy) is 12. The highest BCUT2D eigenvalue weighted by molar-refractivity contribution is 5.46. The molecule has 15 nitrogen and oxygen atoms in total. The maximum atomic E-state index is 11.1. The first-order valence-corrected chi connectivity index (χ1v) is 28.8. The normalized spacial score (nSPS) is 17.5. The summed E-state index contributed by atoms with van der Waals surface area (Å²) in [6, 6.07) is 52.9. The van der Waals surface area contributed by atoms with Crippen molar-refractivity contribution in [2.75, 3.05) is 79.3 Å². The second-order valence-corrected chi connectivity index (χ2v) is 23.3. The van der Waals surface area contributed by atoms with E-state index in [2.05, 4.69) is 77.9 Å². The average Bonchev–Trinajstić information content (AvgIpc) is 3.45. The van der Waals surface area contributed by atoms with Gasteiger partial charge in [-0.3, -0.25) is 0 Å². The molecule has 7 aromatic rings. The van der Waals surface area contributed by atoms with Crippen LogP contribution in [-0.2, 0) is 30.5 Å². The van der Waals surface area contributed by atoms with Gasteiger partial charge in [-0.15, -0.1) is 0 Å². The molecule has 0 aliphatic carbocycles. The fourth-order valence-electron chi connectivity index (χ4n) is 9.46. The summed E-state index contributed by atoms with van der Waals surface area (Å²) in [6.07, 6.45) is -2.41. The Morgan fingerprint density at radius 3 is 0.643 bits per heavy atom. The summed E-state index contributed by atoms with van der Waals surface area (Å²) in [6.45, 7) is 16.5. The van der Waals surface area contributed by atoms with E-state index in [1.807, 2.05) is 109 Å². The van der Waals surface area contributed by atoms with E-state index in [1.54, 1.807) is 18.2 Å². The third-order valence-corrected chi connectivity index (χ3v) is 15.5. The molecule has 3 aliphatic heterocycles. The molecule has 84 heavy (non-hydrogen) atoms. The summed E-state index contributed by atoms with van der Waals surface area (Å²) in [4.78, 5) is 0. The fraction of sp³-hybridized carbons (Fsp3) is 0.391. The summed E-state index contributed by atoms with van der Waals surface area (Å²) in [5.41, 5.74) is 5.87. The number of benzene rings is 7. The Bertz CT molecular complexity index is 2800. The third kappa shape index (κ3) is 16.9. The van der Waals surface area contributed by atoms with Gasteiger partial charge in [-0.1, -0.05) is 114 Å². The van der Waals surface area contributed by atoms with Crippen molar-refractivity contribution in [3.8, 4) is 51.7 Å². The number of hydrogen-bond acceptors (Lipinski definition) is 15. The van der Waals surface area contributed by atoms with Crippen LogP contribution in [0.4, 0.5) is 0 Å². The maximum absolute atomic E-state index is 11.1. The van der Waals surface area contributed by atoms with E-state index in [0.717, 1.165) is 70.4 Å². The molecule has 0 spiro atoms. The summed E-state index contributed by atoms with van der Waals surface area (Å²) < 4.78 is 69.5. The maximum Gasteiger partial charge on any atom is 0.126 e. The van der Waals surface area contributed by atoms with Crippen LogP contribution in [0.25, 0.3) is 0 Å². The zero-order chi connectivity index (χ0) is 58.7. The molecule has 0 radical (unpaired) electrons. The van der Waals surface area contributed by atoms with Crippen molar-refractivity contribution in [3.63, 3.8) is 0 Å². The van der Waals surface area contributed by atoms with Crippen LogP contribution in [0, 0.1) is 0 Å². The fourth-order valence-corrected chi connectivity index (χ4v) is 9.46. The lowest BCUT2D eigenvalue weighted by Crippen LogP contribution is -2.26. The standard InChI is InChI=1S/C69H78O15/c1-67(2,49-13-25-58(26-14-49)79-40-64-43-82-64)46-7-19-55(20-8-46)73-34-52(70)37-76-61-31-62(77-38-53(71)35-74-56-21-9-47(10-22-56)68(3,4)50-15-27-59(28-16-50)80-41-65-44-83-65)33-63(32-61)78-39-54(72)36-75-57-23-11-48(12-24-57)69(5,6)51-17-29-60(30-18-51)81-42-66-45-84-66/h7-33,52-54,64-66,70-72H,34-45H2,1-6H3. The predicted molar refractivity (Wildman–Crippen MR) is 318 cm³/mol. The number of aliphatic hydroxyl groups is 3. The Labute approximate surface area is 492 Å². The zero-order valence-corrected chi connectivity index (χ0v) is 48.8. The Balaban J connectivity index is 0.720. The van der Waals surface area contributed by atoms with Crippen LogP contribution in [0.1, 0.15) is 74.9 Å². The van der Waals surface area contributed by atoms with Crippen molar-refractivity contribution >= 4 is 0 Å². The van der Waals surface area contributed by atoms with Crippen LogP contribution < -0.4 is 42.6 Å². The van der Waals surface area contributed by atoms with Crippen molar-refractivity contribution in [2.45, 2.75) is 94.4 Å². The third-order valence-electron chi connectivity index (χ3n) is 15.5. The lowest BCUT2D eigenvalue weighted by molar-refractivity contribution is 0.0574. The van der Waals surface area contributed by atoms with Gasteiger partial charge >= 0.3 is 0 Å². The predicted octanol–water partition coefficient (Wildman–Crippen LogP) is 10.5. The summed E-state index contributed by atoms with van der Waals surface area (Å²) >= 11 is 0. The van der Waals surface area contributed by atoms with E-state index in [0.29, 0.717) is 54.3 Å². The minimum Gasteiger partial charge on any atom is -0.491 e. The minimum atomic E-state index is -1.00. The average molecular weight is 1150 g/mol. The van der Waals surface area contributed by atoms with Crippen LogP contribution in [0.3, 0.4) is 0 Å². The van der Waals surface area contributed by atoms with Crippen molar-refractivity contribution in [1.29, 1.82) is 0 Å². The van der Waals surface area contributed by atoms with E-state index in [4.69, 9.17) is 56.8 Å². The lowest BCUT2D eigenvalue weighted by Gasteiger charge is -2.26. The molecule has 3 N–H and O–H groups in total. The summed E-state index contributed by atoms with van der Waals surface area (Å²) in [5.74, 6) is 5.23. The van der Waals surface area contributed by atoms with Gasteiger partial charge in [0.25, 0.3) is 0 Å². The van der Waals surface area contributed by atoms with E-state index < -0.39 is 18.3 Å². The molecule has 444 valence electrons. The molecule has 10 rings (SSSR count). The Morgan fingerprint density at radius 2 is 0.464 bits per heavy atom. The molecule has 6 atom stereocenters. The monoisotopic (exact) mass is 1150 g/mol. The molecule has 0 amide bonds. The van der Waals surface area contributed by atoms with Crippen LogP contribution in [-0.4, -0.2) is 131 Å². The Morgan fingerprint density at radius 1 is 0.298 bits per heavy atom. The van der Waals surface area contributed by atoms with Crippen molar-refractivity contribution in [2.24, 2.45) is 0 Å². The topological polar surface area (TPSA) is 181 Å². The van der Waals surface area contributed by atoms with Gasteiger partial charge in [0.15, 0.2) is 0 Å². The Kier molecular flexibility index (Phi) is 19.2. The zero-order valence-electron chi connectivity index (χ0n) is 48.8. The smallest absolute Gasteiger partial charge is 0.126 e. The van der Waals surface area contributed by atoms with Gasteiger partial charge in [0.1, 0.15) is 148 Å². The van der Waals surface area contributed by atoms with E-state index in [9.17, 15) is 15.3 Å². The first-order valence-electron chi connectivity index (χ1n) is 28.8. The second kappa shape index (κ2) is 27.0. The number of rotatable bonds is 33. The molecule has 3 heterocycles. The van der Waals surface area contributed by atoms with Crippen LogP contribution in [0.5, 0.6) is 51.7 Å². The van der Waals surface area contributed by atoms with Crippen molar-refractivity contribution in [1.82, 2.24) is 0 Å². The molecule has 0 saturated carbocycles. The first kappa shape index (κ1) is 59.7. The second-order valence-electron chi connectivity index (χ2n) is 23.3. The Hall–Kier alpha value is -7.50. The van der Waals surface area contributed by atoms with Crippen molar-refractivity contribution in [3.05, 3.63) is 197 Å². The van der Waals surface area contributed by atoms with E-state index >= 15 is 0 Å². The summed E-state index contributed by atoms with van der Waals surface area (Å²) in [7, 11) is 0. The van der Waals surface area contributed by atoms with Crippen LogP contribution >= 0.6 is 0 Å². The molecule has 7 aromatic carbocycles. The van der Waals surface area contributed by atoms with Gasteiger partial charge in [0.2, 0.25) is 0 Å². The number of epoxide rings is 3. The van der Waals surface area contributed by atoms with Crippen molar-refractivity contribution < 1.29 is 72.2 Å². The lowest BCUT2D eigenvalue weighted by atomic mass is 9.78. The molecule has 3 saturated heterocycles.